The third kappa shape index (κ3) is 5.21. The molecule has 5 rings (SSSR count). The van der Waals surface area contributed by atoms with E-state index in [9.17, 15) is 4.79 Å². The van der Waals surface area contributed by atoms with Crippen LogP contribution in [0.2, 0.25) is 0 Å². The van der Waals surface area contributed by atoms with E-state index in [-0.39, 0.29) is 11.8 Å². The Morgan fingerprint density at radius 1 is 1.00 bits per heavy atom. The van der Waals surface area contributed by atoms with E-state index in [1.165, 1.54) is 5.56 Å². The van der Waals surface area contributed by atoms with E-state index in [1.807, 2.05) is 23.1 Å². The van der Waals surface area contributed by atoms with E-state index < -0.39 is 0 Å². The van der Waals surface area contributed by atoms with Crippen LogP contribution in [0, 0.1) is 6.92 Å². The maximum atomic E-state index is 13.6. The van der Waals surface area contributed by atoms with Gasteiger partial charge in [-0.3, -0.25) is 14.7 Å². The summed E-state index contributed by atoms with van der Waals surface area (Å²) in [4.78, 5) is 23.0. The monoisotopic (exact) mass is 455 g/mol. The van der Waals surface area contributed by atoms with Gasteiger partial charge in [0.1, 0.15) is 0 Å². The number of piperidine rings is 1. The average Bonchev–Trinajstić information content (AvgIpc) is 2.89. The molecule has 1 aromatic heterocycles. The van der Waals surface area contributed by atoms with Crippen molar-refractivity contribution in [2.24, 2.45) is 0 Å². The molecule has 1 amide bonds. The molecular weight excluding hydrogens is 422 g/mol. The first-order chi connectivity index (χ1) is 16.7. The van der Waals surface area contributed by atoms with E-state index in [0.29, 0.717) is 0 Å². The Labute approximate surface area is 202 Å². The van der Waals surface area contributed by atoms with Crippen molar-refractivity contribution in [2.75, 3.05) is 39.4 Å². The average molecular weight is 456 g/mol. The van der Waals surface area contributed by atoms with Crippen molar-refractivity contribution in [2.45, 2.75) is 32.2 Å². The minimum Gasteiger partial charge on any atom is -0.379 e. The summed E-state index contributed by atoms with van der Waals surface area (Å²) in [6.07, 6.45) is 2.06. The number of likely N-dealkylation sites (tertiary alicyclic amines) is 1. The predicted molar refractivity (Wildman–Crippen MR) is 135 cm³/mol. The fourth-order valence-electron chi connectivity index (χ4n) is 5.08. The van der Waals surface area contributed by atoms with Crippen molar-refractivity contribution in [1.29, 1.82) is 0 Å². The Bertz CT molecular complexity index is 1140. The molecular formula is C29H33N3O2. The third-order valence-corrected chi connectivity index (χ3v) is 6.96. The van der Waals surface area contributed by atoms with Crippen molar-refractivity contribution in [3.63, 3.8) is 0 Å². The van der Waals surface area contributed by atoms with Gasteiger partial charge in [-0.2, -0.15) is 0 Å². The lowest BCUT2D eigenvalue weighted by atomic mass is 9.93. The maximum absolute atomic E-state index is 13.6. The SMILES string of the molecule is Cc1cccc(-c2cccc([C@H]3CCCN(C(=O)c4ccccc4CN4CCOCC4)C3)n2)c1. The fourth-order valence-corrected chi connectivity index (χ4v) is 5.08. The lowest BCUT2D eigenvalue weighted by molar-refractivity contribution is 0.0339. The van der Waals surface area contributed by atoms with Crippen molar-refractivity contribution in [3.05, 3.63) is 89.1 Å². The molecule has 0 bridgehead atoms. The van der Waals surface area contributed by atoms with E-state index in [0.717, 1.165) is 86.9 Å². The largest absolute Gasteiger partial charge is 0.379 e. The molecule has 0 spiro atoms. The zero-order valence-corrected chi connectivity index (χ0v) is 20.0. The fraction of sp³-hybridized carbons (Fsp3) is 0.379. The maximum Gasteiger partial charge on any atom is 0.254 e. The Hall–Kier alpha value is -3.02. The number of aryl methyl sites for hydroxylation is 1. The Morgan fingerprint density at radius 2 is 1.82 bits per heavy atom. The van der Waals surface area contributed by atoms with Crippen LogP contribution in [0.25, 0.3) is 11.3 Å². The number of ether oxygens (including phenoxy) is 1. The molecule has 2 aliphatic heterocycles. The van der Waals surface area contributed by atoms with E-state index in [1.54, 1.807) is 0 Å². The van der Waals surface area contributed by atoms with Crippen LogP contribution in [0.5, 0.6) is 0 Å². The smallest absolute Gasteiger partial charge is 0.254 e. The number of hydrogen-bond acceptors (Lipinski definition) is 4. The summed E-state index contributed by atoms with van der Waals surface area (Å²) in [5.41, 5.74) is 6.39. The normalized spacial score (nSPS) is 19.2. The van der Waals surface area contributed by atoms with Crippen LogP contribution in [-0.2, 0) is 11.3 Å². The van der Waals surface area contributed by atoms with Crippen LogP contribution in [0.3, 0.4) is 0 Å². The Morgan fingerprint density at radius 3 is 2.68 bits per heavy atom. The van der Waals surface area contributed by atoms with Crippen molar-refractivity contribution >= 4 is 5.91 Å². The number of carbonyl (C=O) groups excluding carboxylic acids is 1. The van der Waals surface area contributed by atoms with Gasteiger partial charge < -0.3 is 9.64 Å². The highest BCUT2D eigenvalue weighted by molar-refractivity contribution is 5.95. The van der Waals surface area contributed by atoms with Crippen LogP contribution >= 0.6 is 0 Å². The first-order valence-corrected chi connectivity index (χ1v) is 12.4. The summed E-state index contributed by atoms with van der Waals surface area (Å²) in [6, 6.07) is 22.8. The van der Waals surface area contributed by atoms with Crippen molar-refractivity contribution in [1.82, 2.24) is 14.8 Å². The van der Waals surface area contributed by atoms with Gasteiger partial charge in [-0.05, 0) is 49.6 Å². The molecule has 3 heterocycles. The van der Waals surface area contributed by atoms with Gasteiger partial charge in [-0.25, -0.2) is 0 Å². The molecule has 5 heteroatoms. The molecule has 0 saturated carbocycles. The summed E-state index contributed by atoms with van der Waals surface area (Å²) in [7, 11) is 0. The molecule has 0 radical (unpaired) electrons. The van der Waals surface area contributed by atoms with Gasteiger partial charge in [0, 0.05) is 55.5 Å². The highest BCUT2D eigenvalue weighted by Crippen LogP contribution is 2.29. The summed E-state index contributed by atoms with van der Waals surface area (Å²) in [6.45, 7) is 7.77. The lowest BCUT2D eigenvalue weighted by Gasteiger charge is -2.33. The molecule has 1 atom stereocenters. The number of rotatable bonds is 5. The molecule has 2 saturated heterocycles. The molecule has 2 fully saturated rings. The molecule has 2 aromatic carbocycles. The highest BCUT2D eigenvalue weighted by atomic mass is 16.5. The zero-order chi connectivity index (χ0) is 23.3. The van der Waals surface area contributed by atoms with Crippen molar-refractivity contribution in [3.8, 4) is 11.3 Å². The molecule has 5 nitrogen and oxygen atoms in total. The molecule has 0 unspecified atom stereocenters. The minimum atomic E-state index is 0.142. The number of hydrogen-bond donors (Lipinski definition) is 0. The summed E-state index contributed by atoms with van der Waals surface area (Å²) in [5, 5.41) is 0. The van der Waals surface area contributed by atoms with E-state index in [2.05, 4.69) is 60.4 Å². The molecule has 34 heavy (non-hydrogen) atoms. The summed E-state index contributed by atoms with van der Waals surface area (Å²) >= 11 is 0. The van der Waals surface area contributed by atoms with Gasteiger partial charge >= 0.3 is 0 Å². The highest BCUT2D eigenvalue weighted by Gasteiger charge is 2.28. The third-order valence-electron chi connectivity index (χ3n) is 6.96. The number of aromatic nitrogens is 1. The number of benzene rings is 2. The van der Waals surface area contributed by atoms with Gasteiger partial charge in [-0.1, -0.05) is 48.0 Å². The molecule has 0 aliphatic carbocycles. The molecule has 2 aliphatic rings. The second kappa shape index (κ2) is 10.5. The Kier molecular flexibility index (Phi) is 7.02. The summed E-state index contributed by atoms with van der Waals surface area (Å²) < 4.78 is 5.48. The quantitative estimate of drug-likeness (QED) is 0.549. The number of pyridine rings is 1. The van der Waals surface area contributed by atoms with Crippen LogP contribution < -0.4 is 0 Å². The van der Waals surface area contributed by atoms with Gasteiger partial charge in [0.15, 0.2) is 0 Å². The van der Waals surface area contributed by atoms with E-state index in [4.69, 9.17) is 9.72 Å². The van der Waals surface area contributed by atoms with Crippen LogP contribution in [0.1, 0.15) is 45.9 Å². The second-order valence-electron chi connectivity index (χ2n) is 9.45. The first kappa shape index (κ1) is 22.8. The molecule has 176 valence electrons. The van der Waals surface area contributed by atoms with Crippen molar-refractivity contribution < 1.29 is 9.53 Å². The number of nitrogens with zero attached hydrogens (tertiary/aromatic N) is 3. The standard InChI is InChI=1S/C29H33N3O2/c1-22-7-4-9-23(19-22)27-12-5-13-28(30-27)25-10-6-14-32(21-25)29(33)26-11-3-2-8-24(26)20-31-15-17-34-18-16-31/h2-5,7-9,11-13,19,25H,6,10,14-18,20-21H2,1H3/t25-/m0/s1. The van der Waals surface area contributed by atoms with Crippen LogP contribution in [-0.4, -0.2) is 60.1 Å². The predicted octanol–water partition coefficient (Wildman–Crippen LogP) is 4.91. The number of carbonyl (C=O) groups is 1. The minimum absolute atomic E-state index is 0.142. The van der Waals surface area contributed by atoms with Gasteiger partial charge in [-0.15, -0.1) is 0 Å². The second-order valence-corrected chi connectivity index (χ2v) is 9.45. The zero-order valence-electron chi connectivity index (χ0n) is 20.0. The van der Waals surface area contributed by atoms with Crippen LogP contribution in [0.4, 0.5) is 0 Å². The van der Waals surface area contributed by atoms with Gasteiger partial charge in [0.05, 0.1) is 18.9 Å². The molecule has 0 N–H and O–H groups in total. The van der Waals surface area contributed by atoms with E-state index >= 15 is 0 Å². The summed E-state index contributed by atoms with van der Waals surface area (Å²) in [5.74, 6) is 0.400. The number of amides is 1. The lowest BCUT2D eigenvalue weighted by Crippen LogP contribution is -2.40. The van der Waals surface area contributed by atoms with Crippen LogP contribution in [0.15, 0.2) is 66.7 Å². The first-order valence-electron chi connectivity index (χ1n) is 12.4. The van der Waals surface area contributed by atoms with Gasteiger partial charge in [0.25, 0.3) is 5.91 Å². The van der Waals surface area contributed by atoms with Gasteiger partial charge in [0.2, 0.25) is 0 Å². The Balaban J connectivity index is 1.32. The number of morpholine rings is 1. The molecule has 3 aromatic rings. The topological polar surface area (TPSA) is 45.7 Å².